The molecule has 2 aliphatic heterocycles. The number of carboxylic acids is 1. The van der Waals surface area contributed by atoms with Gasteiger partial charge in [0.25, 0.3) is 5.91 Å². The molecule has 0 spiro atoms. The molecule has 8 heteroatoms. The Morgan fingerprint density at radius 2 is 1.77 bits per heavy atom. The number of likely N-dealkylation sites (tertiary alicyclic amines) is 1. The van der Waals surface area contributed by atoms with E-state index in [9.17, 15) is 23.1 Å². The van der Waals surface area contributed by atoms with Gasteiger partial charge in [-0.25, -0.2) is 8.42 Å². The predicted octanol–water partition coefficient (Wildman–Crippen LogP) is 1.80. The number of aliphatic carboxylic acids is 1. The summed E-state index contributed by atoms with van der Waals surface area (Å²) in [6.07, 6.45) is 3.92. The van der Waals surface area contributed by atoms with Crippen LogP contribution in [0.25, 0.3) is 0 Å². The highest BCUT2D eigenvalue weighted by Gasteiger charge is 2.30. The summed E-state index contributed by atoms with van der Waals surface area (Å²) in [5.41, 5.74) is 0.286. The first kappa shape index (κ1) is 18.8. The SMILES string of the molecule is O=C(O)[C@H]1CCCN(C(=O)c2cccc(S(=O)(=O)N3CCCCC3)c2)C1. The van der Waals surface area contributed by atoms with Crippen molar-refractivity contribution in [3.8, 4) is 0 Å². The maximum atomic E-state index is 12.8. The van der Waals surface area contributed by atoms with Gasteiger partial charge in [0.05, 0.1) is 10.8 Å². The van der Waals surface area contributed by atoms with E-state index in [0.717, 1.165) is 19.3 Å². The lowest BCUT2D eigenvalue weighted by Crippen LogP contribution is -2.42. The van der Waals surface area contributed by atoms with E-state index in [2.05, 4.69) is 0 Å². The molecular weight excluding hydrogens is 356 g/mol. The van der Waals surface area contributed by atoms with E-state index in [0.29, 0.717) is 32.5 Å². The molecule has 1 N–H and O–H groups in total. The minimum absolute atomic E-state index is 0.122. The van der Waals surface area contributed by atoms with Crippen LogP contribution in [0.3, 0.4) is 0 Å². The Kier molecular flexibility index (Phi) is 5.62. The van der Waals surface area contributed by atoms with Crippen LogP contribution in [0.2, 0.25) is 0 Å². The number of carboxylic acid groups (broad SMARTS) is 1. The molecule has 0 unspecified atom stereocenters. The van der Waals surface area contributed by atoms with E-state index < -0.39 is 21.9 Å². The van der Waals surface area contributed by atoms with Crippen LogP contribution in [0.4, 0.5) is 0 Å². The fraction of sp³-hybridized carbons (Fsp3) is 0.556. The van der Waals surface area contributed by atoms with Crippen molar-refractivity contribution in [3.05, 3.63) is 29.8 Å². The average Bonchev–Trinajstić information content (AvgIpc) is 2.68. The lowest BCUT2D eigenvalue weighted by atomic mass is 9.97. The third-order valence-corrected chi connectivity index (χ3v) is 6.99. The molecule has 0 radical (unpaired) electrons. The lowest BCUT2D eigenvalue weighted by molar-refractivity contribution is -0.143. The van der Waals surface area contributed by atoms with Gasteiger partial charge in [-0.2, -0.15) is 4.31 Å². The zero-order valence-corrected chi connectivity index (χ0v) is 15.5. The molecule has 1 aromatic rings. The first-order chi connectivity index (χ1) is 12.4. The summed E-state index contributed by atoms with van der Waals surface area (Å²) in [5, 5.41) is 9.18. The van der Waals surface area contributed by atoms with Gasteiger partial charge in [-0.15, -0.1) is 0 Å². The summed E-state index contributed by atoms with van der Waals surface area (Å²) in [7, 11) is -3.60. The van der Waals surface area contributed by atoms with Gasteiger partial charge in [-0.3, -0.25) is 9.59 Å². The van der Waals surface area contributed by atoms with Gasteiger partial charge in [0.15, 0.2) is 0 Å². The zero-order chi connectivity index (χ0) is 18.7. The molecule has 7 nitrogen and oxygen atoms in total. The van der Waals surface area contributed by atoms with Gasteiger partial charge >= 0.3 is 5.97 Å². The van der Waals surface area contributed by atoms with E-state index in [1.165, 1.54) is 21.3 Å². The Labute approximate surface area is 153 Å². The van der Waals surface area contributed by atoms with Crippen molar-refractivity contribution in [1.29, 1.82) is 0 Å². The topological polar surface area (TPSA) is 95.0 Å². The highest BCUT2D eigenvalue weighted by molar-refractivity contribution is 7.89. The molecule has 0 aromatic heterocycles. The highest BCUT2D eigenvalue weighted by Crippen LogP contribution is 2.23. The monoisotopic (exact) mass is 380 g/mol. The molecule has 3 rings (SSSR count). The molecule has 0 bridgehead atoms. The first-order valence-electron chi connectivity index (χ1n) is 9.02. The van der Waals surface area contributed by atoms with Crippen LogP contribution in [0.15, 0.2) is 29.2 Å². The molecule has 1 aromatic carbocycles. The van der Waals surface area contributed by atoms with Crippen LogP contribution in [0, 0.1) is 5.92 Å². The Morgan fingerprint density at radius 3 is 2.46 bits per heavy atom. The second-order valence-corrected chi connectivity index (χ2v) is 8.86. The van der Waals surface area contributed by atoms with Gasteiger partial charge in [0, 0.05) is 31.7 Å². The van der Waals surface area contributed by atoms with Crippen LogP contribution < -0.4 is 0 Å². The van der Waals surface area contributed by atoms with Gasteiger partial charge in [-0.1, -0.05) is 12.5 Å². The first-order valence-corrected chi connectivity index (χ1v) is 10.5. The number of hydrogen-bond donors (Lipinski definition) is 1. The van der Waals surface area contributed by atoms with Crippen molar-refractivity contribution >= 4 is 21.9 Å². The number of rotatable bonds is 4. The molecule has 1 amide bonds. The lowest BCUT2D eigenvalue weighted by Gasteiger charge is -2.31. The summed E-state index contributed by atoms with van der Waals surface area (Å²) >= 11 is 0. The highest BCUT2D eigenvalue weighted by atomic mass is 32.2. The van der Waals surface area contributed by atoms with Crippen molar-refractivity contribution < 1.29 is 23.1 Å². The molecule has 2 saturated heterocycles. The molecule has 2 fully saturated rings. The normalized spacial score (nSPS) is 22.2. The van der Waals surface area contributed by atoms with Crippen molar-refractivity contribution in [3.63, 3.8) is 0 Å². The van der Waals surface area contributed by atoms with E-state index in [1.54, 1.807) is 12.1 Å². The Balaban J connectivity index is 1.80. The standard InChI is InChI=1S/C18H24N2O5S/c21-17(19-9-5-7-15(13-19)18(22)23)14-6-4-8-16(12-14)26(24,25)20-10-2-1-3-11-20/h4,6,8,12,15H,1-3,5,7,9-11,13H2,(H,22,23)/t15-/m0/s1. The van der Waals surface area contributed by atoms with Gasteiger partial charge in [0.2, 0.25) is 10.0 Å². The minimum atomic E-state index is -3.60. The van der Waals surface area contributed by atoms with Gasteiger partial charge in [0.1, 0.15) is 0 Å². The van der Waals surface area contributed by atoms with E-state index in [-0.39, 0.29) is 22.9 Å². The number of carbonyl (C=O) groups is 2. The molecule has 142 valence electrons. The van der Waals surface area contributed by atoms with Crippen LogP contribution in [-0.2, 0) is 14.8 Å². The molecule has 2 aliphatic rings. The third-order valence-electron chi connectivity index (χ3n) is 5.09. The second kappa shape index (κ2) is 7.75. The molecule has 2 heterocycles. The van der Waals surface area contributed by atoms with E-state index >= 15 is 0 Å². The van der Waals surface area contributed by atoms with Crippen molar-refractivity contribution in [2.75, 3.05) is 26.2 Å². The van der Waals surface area contributed by atoms with Crippen LogP contribution >= 0.6 is 0 Å². The quantitative estimate of drug-likeness (QED) is 0.859. The Bertz CT molecular complexity index is 787. The Hall–Kier alpha value is -1.93. The van der Waals surface area contributed by atoms with Crippen LogP contribution in [0.5, 0.6) is 0 Å². The number of amides is 1. The number of benzene rings is 1. The molecule has 1 atom stereocenters. The van der Waals surface area contributed by atoms with Crippen molar-refractivity contribution in [2.45, 2.75) is 37.0 Å². The maximum Gasteiger partial charge on any atom is 0.308 e. The number of sulfonamides is 1. The smallest absolute Gasteiger partial charge is 0.308 e. The Morgan fingerprint density at radius 1 is 1.04 bits per heavy atom. The minimum Gasteiger partial charge on any atom is -0.481 e. The van der Waals surface area contributed by atoms with Crippen molar-refractivity contribution in [2.24, 2.45) is 5.92 Å². The second-order valence-electron chi connectivity index (χ2n) is 6.92. The van der Waals surface area contributed by atoms with E-state index in [1.807, 2.05) is 0 Å². The summed E-state index contributed by atoms with van der Waals surface area (Å²) in [6.45, 7) is 1.67. The van der Waals surface area contributed by atoms with Gasteiger partial charge < -0.3 is 10.0 Å². The maximum absolute atomic E-state index is 12.8. The number of nitrogens with zero attached hydrogens (tertiary/aromatic N) is 2. The molecular formula is C18H24N2O5S. The van der Waals surface area contributed by atoms with E-state index in [4.69, 9.17) is 0 Å². The number of hydrogen-bond acceptors (Lipinski definition) is 4. The fourth-order valence-corrected chi connectivity index (χ4v) is 5.15. The van der Waals surface area contributed by atoms with Crippen LogP contribution in [0.1, 0.15) is 42.5 Å². The average molecular weight is 380 g/mol. The summed E-state index contributed by atoms with van der Waals surface area (Å²) in [5.74, 6) is -1.77. The van der Waals surface area contributed by atoms with Gasteiger partial charge in [-0.05, 0) is 43.9 Å². The summed E-state index contributed by atoms with van der Waals surface area (Å²) < 4.78 is 27.1. The molecule has 26 heavy (non-hydrogen) atoms. The number of piperidine rings is 2. The predicted molar refractivity (Wildman–Crippen MR) is 95.3 cm³/mol. The third kappa shape index (κ3) is 3.91. The molecule has 0 saturated carbocycles. The zero-order valence-electron chi connectivity index (χ0n) is 14.6. The van der Waals surface area contributed by atoms with Crippen molar-refractivity contribution in [1.82, 2.24) is 9.21 Å². The largest absolute Gasteiger partial charge is 0.481 e. The summed E-state index contributed by atoms with van der Waals surface area (Å²) in [4.78, 5) is 25.6. The molecule has 0 aliphatic carbocycles. The van der Waals surface area contributed by atoms with Crippen LogP contribution in [-0.4, -0.2) is 60.8 Å². The number of carbonyl (C=O) groups excluding carboxylic acids is 1. The summed E-state index contributed by atoms with van der Waals surface area (Å²) in [6, 6.07) is 6.08. The fourth-order valence-electron chi connectivity index (χ4n) is 3.59.